The number of hydrogen-bond acceptors (Lipinski definition) is 4. The lowest BCUT2D eigenvalue weighted by Crippen LogP contribution is -2.50. The number of carbonyl (C=O) groups excluding carboxylic acids is 1. The number of nitrogens with one attached hydrogen (secondary N) is 2. The smallest absolute Gasteiger partial charge is 0.416 e. The Labute approximate surface area is 230 Å². The summed E-state index contributed by atoms with van der Waals surface area (Å²) in [4.78, 5) is 27.1. The molecule has 1 saturated carbocycles. The molecule has 4 aromatic rings. The second-order valence-corrected chi connectivity index (χ2v) is 10.9. The Balaban J connectivity index is 1.01. The Morgan fingerprint density at radius 2 is 1.85 bits per heavy atom. The lowest BCUT2D eigenvalue weighted by atomic mass is 9.80. The van der Waals surface area contributed by atoms with E-state index in [0.29, 0.717) is 31.4 Å². The second kappa shape index (κ2) is 11.0. The van der Waals surface area contributed by atoms with Crippen molar-refractivity contribution in [2.24, 2.45) is 5.92 Å². The molecule has 0 spiro atoms. The average Bonchev–Trinajstić information content (AvgIpc) is 3.46. The van der Waals surface area contributed by atoms with Crippen molar-refractivity contribution in [1.29, 1.82) is 0 Å². The van der Waals surface area contributed by atoms with Crippen LogP contribution in [0, 0.1) is 5.92 Å². The highest BCUT2D eigenvalue weighted by molar-refractivity contribution is 6.05. The molecule has 1 unspecified atom stereocenters. The quantitative estimate of drug-likeness (QED) is 0.291. The van der Waals surface area contributed by atoms with Crippen molar-refractivity contribution in [2.75, 3.05) is 19.7 Å². The lowest BCUT2D eigenvalue weighted by Gasteiger charge is -2.35. The summed E-state index contributed by atoms with van der Waals surface area (Å²) in [5.41, 5.74) is 2.39. The molecule has 1 saturated heterocycles. The normalized spacial score (nSPS) is 22.0. The zero-order valence-corrected chi connectivity index (χ0v) is 22.1. The maximum Gasteiger partial charge on any atom is 0.416 e. The van der Waals surface area contributed by atoms with E-state index < -0.39 is 11.7 Å². The molecule has 10 heteroatoms. The van der Waals surface area contributed by atoms with Crippen LogP contribution in [0.4, 0.5) is 18.0 Å². The van der Waals surface area contributed by atoms with Gasteiger partial charge >= 0.3 is 12.2 Å². The summed E-state index contributed by atoms with van der Waals surface area (Å²) < 4.78 is 44.1. The first-order chi connectivity index (χ1) is 19.3. The topological polar surface area (TPSA) is 83.1 Å². The van der Waals surface area contributed by atoms with Crippen LogP contribution in [0.2, 0.25) is 0 Å². The summed E-state index contributed by atoms with van der Waals surface area (Å²) in [5, 5.41) is 5.51. The summed E-state index contributed by atoms with van der Waals surface area (Å²) in [5.74, 6) is 0.951. The van der Waals surface area contributed by atoms with Crippen LogP contribution in [0.1, 0.15) is 55.6 Å². The fourth-order valence-corrected chi connectivity index (χ4v) is 6.18. The van der Waals surface area contributed by atoms with Gasteiger partial charge < -0.3 is 19.9 Å². The Morgan fingerprint density at radius 3 is 2.62 bits per heavy atom. The van der Waals surface area contributed by atoms with Crippen molar-refractivity contribution in [2.45, 2.75) is 56.7 Å². The van der Waals surface area contributed by atoms with Crippen molar-refractivity contribution >= 4 is 28.0 Å². The van der Waals surface area contributed by atoms with Gasteiger partial charge in [-0.1, -0.05) is 0 Å². The Morgan fingerprint density at radius 1 is 1.05 bits per heavy atom. The lowest BCUT2D eigenvalue weighted by molar-refractivity contribution is -0.137. The maximum atomic E-state index is 13.1. The highest BCUT2D eigenvalue weighted by atomic mass is 19.4. The third-order valence-corrected chi connectivity index (χ3v) is 8.29. The summed E-state index contributed by atoms with van der Waals surface area (Å²) in [6, 6.07) is 9.03. The monoisotopic (exact) mass is 551 g/mol. The highest BCUT2D eigenvalue weighted by Crippen LogP contribution is 2.38. The molecule has 0 radical (unpaired) electrons. The first-order valence-electron chi connectivity index (χ1n) is 13.9. The molecule has 1 atom stereocenters. The molecule has 2 fully saturated rings. The highest BCUT2D eigenvalue weighted by Gasteiger charge is 2.31. The number of amides is 2. The van der Waals surface area contributed by atoms with Crippen molar-refractivity contribution < 1.29 is 22.7 Å². The van der Waals surface area contributed by atoms with Crippen LogP contribution in [0.15, 0.2) is 55.0 Å². The Kier molecular flexibility index (Phi) is 7.25. The van der Waals surface area contributed by atoms with Gasteiger partial charge in [0.15, 0.2) is 5.65 Å². The first-order valence-corrected chi connectivity index (χ1v) is 13.9. The molecule has 7 nitrogen and oxygen atoms in total. The number of nitrogens with zero attached hydrogens (tertiary/aromatic N) is 3. The minimum Gasteiger partial charge on any atom is -0.493 e. The molecule has 2 aliphatic rings. The number of urea groups is 1. The van der Waals surface area contributed by atoms with E-state index in [4.69, 9.17) is 4.74 Å². The van der Waals surface area contributed by atoms with Crippen LogP contribution in [-0.4, -0.2) is 51.6 Å². The molecule has 210 valence electrons. The minimum atomic E-state index is -4.37. The predicted octanol–water partition coefficient (Wildman–Crippen LogP) is 6.66. The van der Waals surface area contributed by atoms with Crippen molar-refractivity contribution in [3.63, 3.8) is 0 Å². The number of likely N-dealkylation sites (tertiary alicyclic amines) is 1. The second-order valence-electron chi connectivity index (χ2n) is 10.9. The van der Waals surface area contributed by atoms with Crippen LogP contribution in [0.25, 0.3) is 21.9 Å². The SMILES string of the molecule is O=C(NC1CCC(c2cc[nH]c3cnc4nccc4c23)CC1)N1CCCC(COc2ccc(C(F)(F)F)cc2)C1. The molecule has 2 amide bonds. The summed E-state index contributed by atoms with van der Waals surface area (Å²) in [6.07, 6.45) is 6.86. The van der Waals surface area contributed by atoms with E-state index in [0.717, 1.165) is 67.2 Å². The number of ether oxygens (including phenoxy) is 1. The number of alkyl halides is 3. The molecular weight excluding hydrogens is 519 g/mol. The number of aromatic nitrogens is 3. The van der Waals surface area contributed by atoms with Gasteiger partial charge in [0.1, 0.15) is 5.75 Å². The fraction of sp³-hybridized carbons (Fsp3) is 0.433. The standard InChI is InChI=1S/C30H32F3N5O2/c31-30(32,33)21-5-9-23(10-6-21)40-18-19-2-1-15-38(17-19)29(39)37-22-7-3-20(4-8-22)24-11-13-34-26-16-36-28-25(27(24)26)12-14-35-28/h5-6,9-14,16,19-20,22,34H,1-4,7-8,15,17-18H2,(H,37,39). The molecule has 2 N–H and O–H groups in total. The molecule has 40 heavy (non-hydrogen) atoms. The molecule has 3 aromatic heterocycles. The van der Waals surface area contributed by atoms with Crippen LogP contribution >= 0.6 is 0 Å². The number of H-pyrrole nitrogens is 1. The molecule has 1 aromatic carbocycles. The van der Waals surface area contributed by atoms with Gasteiger partial charge in [0.2, 0.25) is 0 Å². The number of piperidine rings is 1. The van der Waals surface area contributed by atoms with Gasteiger partial charge in [-0.25, -0.2) is 14.8 Å². The third-order valence-electron chi connectivity index (χ3n) is 8.29. The van der Waals surface area contributed by atoms with Crippen molar-refractivity contribution in [3.8, 4) is 5.75 Å². The van der Waals surface area contributed by atoms with Crippen LogP contribution in [0.5, 0.6) is 5.75 Å². The van der Waals surface area contributed by atoms with Crippen LogP contribution in [-0.2, 0) is 6.18 Å². The molecule has 1 aliphatic carbocycles. The van der Waals surface area contributed by atoms with E-state index in [1.807, 2.05) is 23.4 Å². The van der Waals surface area contributed by atoms with E-state index >= 15 is 0 Å². The Hall–Kier alpha value is -3.82. The summed E-state index contributed by atoms with van der Waals surface area (Å²) >= 11 is 0. The van der Waals surface area contributed by atoms with Crippen molar-refractivity contribution in [1.82, 2.24) is 25.2 Å². The minimum absolute atomic E-state index is 0.0434. The number of fused-ring (bicyclic) bond motifs is 3. The van der Waals surface area contributed by atoms with E-state index in [9.17, 15) is 18.0 Å². The Bertz CT molecular complexity index is 1480. The number of pyridine rings is 2. The van der Waals surface area contributed by atoms with Gasteiger partial charge in [0.05, 0.1) is 23.9 Å². The van der Waals surface area contributed by atoms with Gasteiger partial charge in [-0.3, -0.25) is 0 Å². The molecule has 1 aliphatic heterocycles. The molecular formula is C30H32F3N5O2. The maximum absolute atomic E-state index is 13.1. The molecule has 6 rings (SSSR count). The average molecular weight is 552 g/mol. The third kappa shape index (κ3) is 5.57. The first kappa shape index (κ1) is 26.4. The van der Waals surface area contributed by atoms with Gasteiger partial charge in [0, 0.05) is 48.2 Å². The fourth-order valence-electron chi connectivity index (χ4n) is 6.18. The summed E-state index contributed by atoms with van der Waals surface area (Å²) in [7, 11) is 0. The summed E-state index contributed by atoms with van der Waals surface area (Å²) in [6.45, 7) is 1.64. The van der Waals surface area contributed by atoms with E-state index in [-0.39, 0.29) is 18.0 Å². The number of rotatable bonds is 5. The number of benzene rings is 1. The van der Waals surface area contributed by atoms with Gasteiger partial charge in [-0.2, -0.15) is 13.2 Å². The van der Waals surface area contributed by atoms with Crippen LogP contribution < -0.4 is 10.1 Å². The van der Waals surface area contributed by atoms with Crippen molar-refractivity contribution in [3.05, 3.63) is 66.1 Å². The zero-order chi connectivity index (χ0) is 27.7. The molecule has 0 bridgehead atoms. The number of carbonyl (C=O) groups is 1. The number of halogens is 3. The van der Waals surface area contributed by atoms with E-state index in [1.54, 1.807) is 6.20 Å². The van der Waals surface area contributed by atoms with Gasteiger partial charge in [-0.05, 0) is 86.4 Å². The molecule has 4 heterocycles. The van der Waals surface area contributed by atoms with E-state index in [1.165, 1.54) is 23.1 Å². The van der Waals surface area contributed by atoms with E-state index in [2.05, 4.69) is 26.3 Å². The van der Waals surface area contributed by atoms with Gasteiger partial charge in [-0.15, -0.1) is 0 Å². The predicted molar refractivity (Wildman–Crippen MR) is 146 cm³/mol. The van der Waals surface area contributed by atoms with Gasteiger partial charge in [0.25, 0.3) is 0 Å². The van der Waals surface area contributed by atoms with Crippen LogP contribution in [0.3, 0.4) is 0 Å². The number of hydrogen-bond donors (Lipinski definition) is 2. The zero-order valence-electron chi connectivity index (χ0n) is 22.1. The number of aromatic amines is 1. The largest absolute Gasteiger partial charge is 0.493 e.